The lowest BCUT2D eigenvalue weighted by atomic mass is 9.66. The van der Waals surface area contributed by atoms with Gasteiger partial charge < -0.3 is 0 Å². The lowest BCUT2D eigenvalue weighted by Crippen LogP contribution is -2.24. The van der Waals surface area contributed by atoms with Crippen LogP contribution in [-0.4, -0.2) is 59.8 Å². The van der Waals surface area contributed by atoms with Crippen LogP contribution in [0.2, 0.25) is 0 Å². The molecular formula is C84H72N12. The first-order chi connectivity index (χ1) is 47.5. The monoisotopic (exact) mass is 1250 g/mol. The Kier molecular flexibility index (Phi) is 17.2. The van der Waals surface area contributed by atoms with Crippen molar-refractivity contribution in [1.29, 1.82) is 0 Å². The number of benzene rings is 1. The van der Waals surface area contributed by atoms with Gasteiger partial charge in [0.25, 0.3) is 0 Å². The summed E-state index contributed by atoms with van der Waals surface area (Å²) in [6, 6.07) is 70.9. The van der Waals surface area contributed by atoms with Crippen molar-refractivity contribution in [2.24, 2.45) is 0 Å². The molecule has 0 amide bonds. The first kappa shape index (κ1) is 60.0. The molecule has 0 aliphatic heterocycles. The molecule has 468 valence electrons. The van der Waals surface area contributed by atoms with E-state index in [1.807, 2.05) is 147 Å². The Bertz CT molecular complexity index is 3910. The third-order valence-electron chi connectivity index (χ3n) is 20.5. The minimum atomic E-state index is 0.170. The molecule has 6 unspecified atom stereocenters. The van der Waals surface area contributed by atoms with Crippen LogP contribution >= 0.6 is 0 Å². The first-order valence-electron chi connectivity index (χ1n) is 33.9. The quantitative estimate of drug-likeness (QED) is 0.0959. The van der Waals surface area contributed by atoms with Crippen LogP contribution in [0.5, 0.6) is 0 Å². The first-order valence-corrected chi connectivity index (χ1v) is 33.9. The second kappa shape index (κ2) is 27.5. The standard InChI is InChI=1S/C84H72N12/c1-7-31-85-73(13-1)55-19-25-79(91-49-55)67-40-64(41-68(46-67)80-26-20-56(50-92-80)74-14-2-8-32-86-74)61-37-62(65-42-69(81-27-21-57(51-93-81)75-15-3-9-33-87-75)47-70(43-65)82-28-22-58(52-94-82)76-16-4-10-34-88-76)39-63(38-61)66-44-71(83-29-23-59(53-95-83)77-17-5-11-35-89-77)48-72(45-66)84-30-24-60(54-96-84)78-18-6-12-36-90-78/h1-39,49-54,64-72H,40-48H2. The Morgan fingerprint density at radius 3 is 0.500 bits per heavy atom. The normalized spacial score (nSPS) is 21.1. The van der Waals surface area contributed by atoms with Gasteiger partial charge in [-0.1, -0.05) is 54.6 Å². The molecular weight excluding hydrogens is 1180 g/mol. The fraction of sp³-hybridized carbons (Fsp3) is 0.214. The van der Waals surface area contributed by atoms with Crippen molar-refractivity contribution in [3.8, 4) is 67.5 Å². The van der Waals surface area contributed by atoms with Gasteiger partial charge in [-0.15, -0.1) is 0 Å². The second-order valence-corrected chi connectivity index (χ2v) is 26.4. The zero-order valence-electron chi connectivity index (χ0n) is 53.4. The van der Waals surface area contributed by atoms with E-state index in [4.69, 9.17) is 29.9 Å². The van der Waals surface area contributed by atoms with Crippen molar-refractivity contribution in [3.05, 3.63) is 325 Å². The number of rotatable bonds is 15. The molecule has 96 heavy (non-hydrogen) atoms. The smallest absolute Gasteiger partial charge is 0.0717 e. The topological polar surface area (TPSA) is 155 Å². The van der Waals surface area contributed by atoms with Gasteiger partial charge in [0.1, 0.15) is 0 Å². The highest BCUT2D eigenvalue weighted by molar-refractivity contribution is 5.62. The van der Waals surface area contributed by atoms with Crippen LogP contribution in [0.1, 0.15) is 162 Å². The van der Waals surface area contributed by atoms with Crippen LogP contribution in [0, 0.1) is 0 Å². The van der Waals surface area contributed by atoms with E-state index in [0.29, 0.717) is 0 Å². The Morgan fingerprint density at radius 2 is 0.354 bits per heavy atom. The van der Waals surface area contributed by atoms with Crippen LogP contribution in [0.3, 0.4) is 0 Å². The van der Waals surface area contributed by atoms with Crippen molar-refractivity contribution in [1.82, 2.24) is 59.8 Å². The van der Waals surface area contributed by atoms with Crippen molar-refractivity contribution in [2.75, 3.05) is 0 Å². The maximum Gasteiger partial charge on any atom is 0.0717 e. The van der Waals surface area contributed by atoms with Gasteiger partial charge in [0.2, 0.25) is 0 Å². The number of hydrogen-bond donors (Lipinski definition) is 0. The number of nitrogens with zero attached hydrogens (tertiary/aromatic N) is 12. The summed E-state index contributed by atoms with van der Waals surface area (Å²) in [4.78, 5) is 59.9. The van der Waals surface area contributed by atoms with E-state index in [1.165, 1.54) is 16.7 Å². The Balaban J connectivity index is 0.818. The van der Waals surface area contributed by atoms with Crippen molar-refractivity contribution >= 4 is 0 Å². The van der Waals surface area contributed by atoms with Gasteiger partial charge in [-0.05, 0) is 238 Å². The van der Waals surface area contributed by atoms with Gasteiger partial charge in [0.15, 0.2) is 0 Å². The van der Waals surface area contributed by atoms with Gasteiger partial charge in [0, 0.05) is 177 Å². The number of hydrogen-bond acceptors (Lipinski definition) is 12. The summed E-state index contributed by atoms with van der Waals surface area (Å²) in [5.74, 6) is 1.59. The van der Waals surface area contributed by atoms with Gasteiger partial charge in [0.05, 0.1) is 34.2 Å². The summed E-state index contributed by atoms with van der Waals surface area (Å²) < 4.78 is 0. The summed E-state index contributed by atoms with van der Waals surface area (Å²) in [6.07, 6.45) is 31.7. The SMILES string of the molecule is c1ccc(-c2ccc(C3CC(c4cc(C5CC(c6ccc(-c7ccccn7)cn6)CC(c6ccc(-c7ccccn7)cn6)C5)cc(C5CC(c6ccc(-c7ccccn7)cn6)CC(c6ccc(-c7ccccn7)cn6)C5)c4)CC(c4ccc(-c5ccccn5)cn4)C3)nc2)nc1. The molecule has 12 heteroatoms. The van der Waals surface area contributed by atoms with E-state index in [9.17, 15) is 0 Å². The molecule has 3 aliphatic carbocycles. The molecule has 0 saturated heterocycles. The zero-order chi connectivity index (χ0) is 64.0. The van der Waals surface area contributed by atoms with Crippen LogP contribution in [0.4, 0.5) is 0 Å². The second-order valence-electron chi connectivity index (χ2n) is 26.4. The van der Waals surface area contributed by atoms with Crippen molar-refractivity contribution in [3.63, 3.8) is 0 Å². The van der Waals surface area contributed by atoms with E-state index < -0.39 is 0 Å². The molecule has 12 heterocycles. The number of aromatic nitrogens is 12. The maximum absolute atomic E-state index is 5.30. The average molecular weight is 1250 g/mol. The largest absolute Gasteiger partial charge is 0.260 e. The fourth-order valence-electron chi connectivity index (χ4n) is 15.6. The highest BCUT2D eigenvalue weighted by Gasteiger charge is 2.39. The molecule has 0 N–H and O–H groups in total. The van der Waals surface area contributed by atoms with Crippen LogP contribution in [0.25, 0.3) is 67.5 Å². The predicted octanol–water partition coefficient (Wildman–Crippen LogP) is 18.9. The Morgan fingerprint density at radius 1 is 0.177 bits per heavy atom. The van der Waals surface area contributed by atoms with Gasteiger partial charge in [-0.2, -0.15) is 0 Å². The summed E-state index contributed by atoms with van der Waals surface area (Å²) >= 11 is 0. The molecule has 0 spiro atoms. The summed E-state index contributed by atoms with van der Waals surface area (Å²) in [5.41, 5.74) is 22.4. The van der Waals surface area contributed by atoms with E-state index in [1.54, 1.807) is 0 Å². The van der Waals surface area contributed by atoms with E-state index in [-0.39, 0.29) is 53.3 Å². The number of pyridine rings is 12. The van der Waals surface area contributed by atoms with Gasteiger partial charge in [-0.25, -0.2) is 0 Å². The third-order valence-corrected chi connectivity index (χ3v) is 20.5. The summed E-state index contributed by atoms with van der Waals surface area (Å²) in [7, 11) is 0. The van der Waals surface area contributed by atoms with Crippen molar-refractivity contribution < 1.29 is 0 Å². The molecule has 0 radical (unpaired) electrons. The minimum Gasteiger partial charge on any atom is -0.260 e. The Labute approximate surface area is 560 Å². The van der Waals surface area contributed by atoms with Crippen molar-refractivity contribution in [2.45, 2.75) is 111 Å². The summed E-state index contributed by atoms with van der Waals surface area (Å²) in [5, 5.41) is 0. The zero-order valence-corrected chi connectivity index (χ0v) is 53.4. The molecule has 13 aromatic rings. The van der Waals surface area contributed by atoms with Gasteiger partial charge >= 0.3 is 0 Å². The Hall–Kier alpha value is -11.0. The minimum absolute atomic E-state index is 0.170. The third kappa shape index (κ3) is 13.3. The molecule has 12 aromatic heterocycles. The van der Waals surface area contributed by atoms with Crippen LogP contribution in [-0.2, 0) is 0 Å². The fourth-order valence-corrected chi connectivity index (χ4v) is 15.6. The lowest BCUT2D eigenvalue weighted by molar-refractivity contribution is 0.332. The molecule has 3 fully saturated rings. The van der Waals surface area contributed by atoms with Crippen LogP contribution < -0.4 is 0 Å². The molecule has 6 atom stereocenters. The summed E-state index contributed by atoms with van der Waals surface area (Å²) in [6.45, 7) is 0. The molecule has 3 aliphatic rings. The van der Waals surface area contributed by atoms with Crippen LogP contribution in [0.15, 0.2) is 275 Å². The highest BCUT2D eigenvalue weighted by atomic mass is 14.8. The predicted molar refractivity (Wildman–Crippen MR) is 377 cm³/mol. The van der Waals surface area contributed by atoms with E-state index in [0.717, 1.165) is 159 Å². The van der Waals surface area contributed by atoms with E-state index >= 15 is 0 Å². The molecule has 0 bridgehead atoms. The molecule has 12 nitrogen and oxygen atoms in total. The average Bonchev–Trinajstić information content (AvgIpc) is 0.867. The van der Waals surface area contributed by atoms with E-state index in [2.05, 4.69) is 157 Å². The molecule has 3 saturated carbocycles. The maximum atomic E-state index is 5.30. The highest BCUT2D eigenvalue weighted by Crippen LogP contribution is 2.54. The lowest BCUT2D eigenvalue weighted by Gasteiger charge is -2.39. The molecule has 16 rings (SSSR count). The van der Waals surface area contributed by atoms with Gasteiger partial charge in [-0.3, -0.25) is 59.8 Å². The molecule has 1 aromatic carbocycles.